The summed E-state index contributed by atoms with van der Waals surface area (Å²) in [5.41, 5.74) is 7.22. The molecule has 0 aliphatic carbocycles. The van der Waals surface area contributed by atoms with Crippen molar-refractivity contribution in [2.45, 2.75) is 18.7 Å². The van der Waals surface area contributed by atoms with Crippen LogP contribution in [0, 0.1) is 6.92 Å². The fourth-order valence-corrected chi connectivity index (χ4v) is 2.06. The zero-order valence-corrected chi connectivity index (χ0v) is 10.4. The van der Waals surface area contributed by atoms with Gasteiger partial charge in [-0.05, 0) is 12.5 Å². The second-order valence-electron chi connectivity index (χ2n) is 4.00. The topological polar surface area (TPSA) is 63.8 Å². The predicted molar refractivity (Wildman–Crippen MR) is 72.4 cm³/mol. The first-order valence-corrected chi connectivity index (χ1v) is 5.90. The molecule has 2 aromatic rings. The van der Waals surface area contributed by atoms with Crippen LogP contribution < -0.4 is 11.3 Å². The van der Waals surface area contributed by atoms with E-state index in [0.717, 1.165) is 5.56 Å². The van der Waals surface area contributed by atoms with E-state index in [1.807, 2.05) is 30.3 Å². The average molecular weight is 249 g/mol. The van der Waals surface area contributed by atoms with Crippen LogP contribution in [0.25, 0.3) is 0 Å². The number of nitrogens with two attached hydrogens (primary N) is 1. The van der Waals surface area contributed by atoms with Gasteiger partial charge in [-0.25, -0.2) is 4.68 Å². The van der Waals surface area contributed by atoms with Gasteiger partial charge in [0.05, 0.1) is 5.56 Å². The molecule has 1 unspecified atom stereocenters. The number of rotatable bonds is 3. The number of hydrogen-bond acceptors (Lipinski definition) is 3. The van der Waals surface area contributed by atoms with Crippen molar-refractivity contribution in [3.8, 4) is 0 Å². The van der Waals surface area contributed by atoms with E-state index in [2.05, 4.69) is 17.7 Å². The Hall–Kier alpha value is -1.62. The highest BCUT2D eigenvalue weighted by Gasteiger charge is 2.13. The summed E-state index contributed by atoms with van der Waals surface area (Å²) < 4.78 is 1.46. The minimum atomic E-state index is -0.235. The SMILES string of the molecule is Cc1c(N)[nH]n(C(S)Cc2ccccc2)c1=O. The molecule has 5 heteroatoms. The summed E-state index contributed by atoms with van der Waals surface area (Å²) in [5, 5.41) is 2.60. The third-order valence-corrected chi connectivity index (χ3v) is 3.16. The normalized spacial score (nSPS) is 12.6. The van der Waals surface area contributed by atoms with E-state index < -0.39 is 0 Å². The lowest BCUT2D eigenvalue weighted by Gasteiger charge is -2.11. The lowest BCUT2D eigenvalue weighted by molar-refractivity contribution is 0.585. The maximum atomic E-state index is 11.8. The lowest BCUT2D eigenvalue weighted by atomic mass is 10.1. The van der Waals surface area contributed by atoms with Gasteiger partial charge in [-0.2, -0.15) is 12.6 Å². The molecular formula is C12H15N3OS. The minimum Gasteiger partial charge on any atom is -0.384 e. The molecule has 0 radical (unpaired) electrons. The summed E-state index contributed by atoms with van der Waals surface area (Å²) in [6.07, 6.45) is 0.670. The Morgan fingerprint density at radius 3 is 2.59 bits per heavy atom. The highest BCUT2D eigenvalue weighted by atomic mass is 32.1. The molecule has 0 bridgehead atoms. The van der Waals surface area contributed by atoms with Crippen LogP contribution in [-0.4, -0.2) is 9.78 Å². The molecule has 1 aromatic carbocycles. The van der Waals surface area contributed by atoms with E-state index in [4.69, 9.17) is 5.73 Å². The smallest absolute Gasteiger partial charge is 0.272 e. The number of nitrogen functional groups attached to an aromatic ring is 1. The van der Waals surface area contributed by atoms with Crippen LogP contribution in [0.2, 0.25) is 0 Å². The van der Waals surface area contributed by atoms with Gasteiger partial charge >= 0.3 is 0 Å². The molecule has 1 heterocycles. The summed E-state index contributed by atoms with van der Waals surface area (Å²) in [6, 6.07) is 9.90. The molecule has 0 aliphatic rings. The number of nitrogens with one attached hydrogen (secondary N) is 1. The summed E-state index contributed by atoms with van der Waals surface area (Å²) >= 11 is 4.44. The Kier molecular flexibility index (Phi) is 3.28. The van der Waals surface area contributed by atoms with Gasteiger partial charge in [0.25, 0.3) is 5.56 Å². The van der Waals surface area contributed by atoms with Crippen molar-refractivity contribution in [3.05, 3.63) is 51.8 Å². The van der Waals surface area contributed by atoms with E-state index in [9.17, 15) is 4.79 Å². The Balaban J connectivity index is 2.23. The van der Waals surface area contributed by atoms with Crippen LogP contribution >= 0.6 is 12.6 Å². The van der Waals surface area contributed by atoms with Gasteiger partial charge in [0.15, 0.2) is 0 Å². The summed E-state index contributed by atoms with van der Waals surface area (Å²) in [6.45, 7) is 1.70. The van der Waals surface area contributed by atoms with Crippen molar-refractivity contribution in [3.63, 3.8) is 0 Å². The number of anilines is 1. The zero-order chi connectivity index (χ0) is 12.4. The van der Waals surface area contributed by atoms with Crippen LogP contribution in [-0.2, 0) is 6.42 Å². The maximum Gasteiger partial charge on any atom is 0.272 e. The molecule has 90 valence electrons. The van der Waals surface area contributed by atoms with Crippen molar-refractivity contribution in [1.82, 2.24) is 9.78 Å². The quantitative estimate of drug-likeness (QED) is 0.725. The van der Waals surface area contributed by atoms with Crippen molar-refractivity contribution in [2.24, 2.45) is 0 Å². The number of aromatic amines is 1. The molecule has 0 saturated heterocycles. The van der Waals surface area contributed by atoms with Gasteiger partial charge in [0, 0.05) is 6.42 Å². The molecule has 3 N–H and O–H groups in total. The lowest BCUT2D eigenvalue weighted by Crippen LogP contribution is -2.21. The van der Waals surface area contributed by atoms with Crippen LogP contribution in [0.5, 0.6) is 0 Å². The van der Waals surface area contributed by atoms with Crippen LogP contribution in [0.4, 0.5) is 5.82 Å². The number of nitrogens with zero attached hydrogens (tertiary/aromatic N) is 1. The highest BCUT2D eigenvalue weighted by molar-refractivity contribution is 7.80. The molecule has 2 rings (SSSR count). The first-order chi connectivity index (χ1) is 8.09. The Labute approximate surface area is 105 Å². The first-order valence-electron chi connectivity index (χ1n) is 5.38. The fourth-order valence-electron chi connectivity index (χ4n) is 1.69. The zero-order valence-electron chi connectivity index (χ0n) is 9.55. The number of benzene rings is 1. The Morgan fingerprint density at radius 2 is 2.06 bits per heavy atom. The largest absolute Gasteiger partial charge is 0.384 e. The summed E-state index contributed by atoms with van der Waals surface area (Å²) in [7, 11) is 0. The Bertz CT molecular complexity index is 559. The minimum absolute atomic E-state index is 0.113. The first kappa shape index (κ1) is 11.9. The monoisotopic (exact) mass is 249 g/mol. The van der Waals surface area contributed by atoms with Crippen molar-refractivity contribution >= 4 is 18.4 Å². The van der Waals surface area contributed by atoms with E-state index in [0.29, 0.717) is 17.8 Å². The van der Waals surface area contributed by atoms with Crippen molar-refractivity contribution in [2.75, 3.05) is 5.73 Å². The van der Waals surface area contributed by atoms with Crippen LogP contribution in [0.1, 0.15) is 16.5 Å². The second-order valence-corrected chi connectivity index (χ2v) is 4.59. The molecule has 0 fully saturated rings. The molecule has 0 aliphatic heterocycles. The van der Waals surface area contributed by atoms with Crippen LogP contribution in [0.3, 0.4) is 0 Å². The average Bonchev–Trinajstić information content (AvgIpc) is 2.58. The van der Waals surface area contributed by atoms with E-state index >= 15 is 0 Å². The number of thiol groups is 1. The molecule has 0 amide bonds. The van der Waals surface area contributed by atoms with E-state index in [1.54, 1.807) is 6.92 Å². The van der Waals surface area contributed by atoms with E-state index in [1.165, 1.54) is 4.68 Å². The van der Waals surface area contributed by atoms with Gasteiger partial charge in [-0.15, -0.1) is 0 Å². The standard InChI is InChI=1S/C12H15N3OS/c1-8-11(13)14-15(12(8)16)10(17)7-9-5-3-2-4-6-9/h2-6,10,14,17H,7,13H2,1H3. The molecule has 17 heavy (non-hydrogen) atoms. The number of H-pyrrole nitrogens is 1. The predicted octanol–water partition coefficient (Wildman–Crippen LogP) is 1.74. The Morgan fingerprint density at radius 1 is 1.41 bits per heavy atom. The highest BCUT2D eigenvalue weighted by Crippen LogP contribution is 2.17. The van der Waals surface area contributed by atoms with Crippen molar-refractivity contribution < 1.29 is 0 Å². The second kappa shape index (κ2) is 4.71. The molecule has 4 nitrogen and oxygen atoms in total. The van der Waals surface area contributed by atoms with Gasteiger partial charge in [0.1, 0.15) is 11.2 Å². The third-order valence-electron chi connectivity index (χ3n) is 2.74. The molecule has 1 aromatic heterocycles. The van der Waals surface area contributed by atoms with Gasteiger partial charge in [0.2, 0.25) is 0 Å². The fraction of sp³-hybridized carbons (Fsp3) is 0.250. The molecule has 0 spiro atoms. The van der Waals surface area contributed by atoms with Crippen molar-refractivity contribution in [1.29, 1.82) is 0 Å². The van der Waals surface area contributed by atoms with Gasteiger partial charge in [-0.1, -0.05) is 30.3 Å². The summed E-state index contributed by atoms with van der Waals surface area (Å²) in [4.78, 5) is 11.8. The van der Waals surface area contributed by atoms with Gasteiger partial charge in [-0.3, -0.25) is 9.89 Å². The number of aromatic nitrogens is 2. The van der Waals surface area contributed by atoms with E-state index in [-0.39, 0.29) is 10.9 Å². The third kappa shape index (κ3) is 2.39. The molecule has 0 saturated carbocycles. The molecular weight excluding hydrogens is 234 g/mol. The summed E-state index contributed by atoms with van der Waals surface area (Å²) in [5.74, 6) is 0.405. The van der Waals surface area contributed by atoms with Gasteiger partial charge < -0.3 is 5.73 Å². The number of hydrogen-bond donors (Lipinski definition) is 3. The maximum absolute atomic E-state index is 11.8. The van der Waals surface area contributed by atoms with Crippen LogP contribution in [0.15, 0.2) is 35.1 Å². The molecule has 1 atom stereocenters.